The summed E-state index contributed by atoms with van der Waals surface area (Å²) in [5.41, 5.74) is 5.09. The molecule has 1 aromatic rings. The molecule has 3 N–H and O–H groups in total. The molecule has 2 rings (SSSR count). The van der Waals surface area contributed by atoms with Crippen LogP contribution in [0.15, 0.2) is 22.7 Å². The minimum absolute atomic E-state index is 0.00611. The number of thiophene rings is 1. The first-order chi connectivity index (χ1) is 10.1. The lowest BCUT2D eigenvalue weighted by Gasteiger charge is -2.38. The number of nitrogens with zero attached hydrogens (tertiary/aromatic N) is 2. The second-order valence-electron chi connectivity index (χ2n) is 5.53. The van der Waals surface area contributed by atoms with Gasteiger partial charge >= 0.3 is 0 Å². The highest BCUT2D eigenvalue weighted by atomic mass is 32.1. The van der Waals surface area contributed by atoms with Gasteiger partial charge in [-0.3, -0.25) is 4.79 Å². The average Bonchev–Trinajstić information content (AvgIpc) is 3.04. The van der Waals surface area contributed by atoms with Crippen LogP contribution >= 0.6 is 11.3 Å². The lowest BCUT2D eigenvalue weighted by Crippen LogP contribution is -2.52. The second kappa shape index (κ2) is 6.93. The number of hydrogen-bond donors (Lipinski definition) is 2. The Bertz CT molecular complexity index is 493. The van der Waals surface area contributed by atoms with Crippen molar-refractivity contribution in [3.05, 3.63) is 22.4 Å². The Morgan fingerprint density at radius 1 is 1.48 bits per heavy atom. The lowest BCUT2D eigenvalue weighted by atomic mass is 9.72. The van der Waals surface area contributed by atoms with Crippen molar-refractivity contribution in [2.75, 3.05) is 6.54 Å². The highest BCUT2D eigenvalue weighted by Crippen LogP contribution is 2.38. The largest absolute Gasteiger partial charge is 0.409 e. The van der Waals surface area contributed by atoms with Gasteiger partial charge in [-0.2, -0.15) is 0 Å². The smallest absolute Gasteiger partial charge is 0.236 e. The zero-order valence-corrected chi connectivity index (χ0v) is 13.2. The van der Waals surface area contributed by atoms with Gasteiger partial charge in [-0.25, -0.2) is 0 Å². The van der Waals surface area contributed by atoms with Crippen LogP contribution in [0.1, 0.15) is 43.9 Å². The summed E-state index contributed by atoms with van der Waals surface area (Å²) in [5.74, 6) is 0.0604. The van der Waals surface area contributed by atoms with E-state index in [9.17, 15) is 4.79 Å². The molecule has 0 bridgehead atoms. The minimum Gasteiger partial charge on any atom is -0.409 e. The monoisotopic (exact) mass is 309 g/mol. The first-order valence-electron chi connectivity index (χ1n) is 7.44. The summed E-state index contributed by atoms with van der Waals surface area (Å²) in [6, 6.07) is 4.01. The van der Waals surface area contributed by atoms with Crippen LogP contribution < -0.4 is 5.73 Å². The van der Waals surface area contributed by atoms with E-state index in [0.717, 1.165) is 24.1 Å². The summed E-state index contributed by atoms with van der Waals surface area (Å²) in [7, 11) is 0. The van der Waals surface area contributed by atoms with Gasteiger partial charge < -0.3 is 15.8 Å². The van der Waals surface area contributed by atoms with Crippen molar-refractivity contribution in [1.82, 2.24) is 4.90 Å². The van der Waals surface area contributed by atoms with Gasteiger partial charge in [-0.05, 0) is 31.2 Å². The molecule has 0 atom stereocenters. The molecule has 1 aliphatic carbocycles. The van der Waals surface area contributed by atoms with E-state index in [2.05, 4.69) is 5.16 Å². The van der Waals surface area contributed by atoms with E-state index in [1.54, 1.807) is 11.3 Å². The fourth-order valence-corrected chi connectivity index (χ4v) is 3.77. The summed E-state index contributed by atoms with van der Waals surface area (Å²) in [6.45, 7) is 3.18. The van der Waals surface area contributed by atoms with Crippen LogP contribution in [-0.2, 0) is 11.3 Å². The molecule has 1 aliphatic rings. The Kier molecular flexibility index (Phi) is 5.22. The molecule has 1 heterocycles. The van der Waals surface area contributed by atoms with E-state index < -0.39 is 5.41 Å². The van der Waals surface area contributed by atoms with Crippen molar-refractivity contribution >= 4 is 23.1 Å². The van der Waals surface area contributed by atoms with Crippen molar-refractivity contribution < 1.29 is 10.0 Å². The zero-order valence-electron chi connectivity index (χ0n) is 12.4. The SMILES string of the molecule is CCN(Cc1cccs1)C(=O)C1(C(N)=NO)CCCCC1. The van der Waals surface area contributed by atoms with Crippen molar-refractivity contribution in [2.45, 2.75) is 45.6 Å². The number of amidine groups is 1. The molecule has 0 spiro atoms. The number of amides is 1. The number of nitrogens with two attached hydrogens (primary N) is 1. The van der Waals surface area contributed by atoms with Crippen LogP contribution in [0.4, 0.5) is 0 Å². The molecule has 6 heteroatoms. The van der Waals surface area contributed by atoms with Gasteiger partial charge in [0.1, 0.15) is 5.41 Å². The first kappa shape index (κ1) is 15.8. The standard InChI is InChI=1S/C15H23N3O2S/c1-2-18(11-12-7-6-10-21-12)14(19)15(13(16)17-20)8-4-3-5-9-15/h6-7,10,20H,2-5,8-9,11H2,1H3,(H2,16,17). The van der Waals surface area contributed by atoms with Gasteiger partial charge in [0.25, 0.3) is 0 Å². The Balaban J connectivity index is 2.23. The van der Waals surface area contributed by atoms with E-state index in [0.29, 0.717) is 25.9 Å². The molecule has 1 fully saturated rings. The number of oxime groups is 1. The Hall–Kier alpha value is -1.56. The predicted molar refractivity (Wildman–Crippen MR) is 84.3 cm³/mol. The lowest BCUT2D eigenvalue weighted by molar-refractivity contribution is -0.140. The van der Waals surface area contributed by atoms with Crippen LogP contribution in [0, 0.1) is 5.41 Å². The molecular formula is C15H23N3O2S. The van der Waals surface area contributed by atoms with Gasteiger partial charge in [0.2, 0.25) is 5.91 Å². The molecule has 1 saturated carbocycles. The fraction of sp³-hybridized carbons (Fsp3) is 0.600. The normalized spacial score (nSPS) is 18.4. The summed E-state index contributed by atoms with van der Waals surface area (Å²) in [5, 5.41) is 14.3. The molecule has 0 saturated heterocycles. The highest BCUT2D eigenvalue weighted by molar-refractivity contribution is 7.09. The quantitative estimate of drug-likeness (QED) is 0.380. The molecule has 0 radical (unpaired) electrons. The van der Waals surface area contributed by atoms with E-state index in [4.69, 9.17) is 10.9 Å². The van der Waals surface area contributed by atoms with Crippen molar-refractivity contribution in [1.29, 1.82) is 0 Å². The Labute approximate surface area is 129 Å². The Morgan fingerprint density at radius 2 is 2.19 bits per heavy atom. The fourth-order valence-electron chi connectivity index (χ4n) is 3.05. The maximum Gasteiger partial charge on any atom is 0.236 e. The summed E-state index contributed by atoms with van der Waals surface area (Å²) >= 11 is 1.64. The maximum absolute atomic E-state index is 13.0. The summed E-state index contributed by atoms with van der Waals surface area (Å²) in [6.07, 6.45) is 4.33. The third kappa shape index (κ3) is 3.20. The number of carbonyl (C=O) groups excluding carboxylic acids is 1. The molecule has 0 unspecified atom stereocenters. The van der Waals surface area contributed by atoms with Crippen LogP contribution in [0.3, 0.4) is 0 Å². The number of carbonyl (C=O) groups is 1. The number of hydrogen-bond acceptors (Lipinski definition) is 4. The summed E-state index contributed by atoms with van der Waals surface area (Å²) < 4.78 is 0. The van der Waals surface area contributed by atoms with Crippen LogP contribution in [0.2, 0.25) is 0 Å². The van der Waals surface area contributed by atoms with Gasteiger partial charge in [-0.15, -0.1) is 11.3 Å². The Morgan fingerprint density at radius 3 is 2.71 bits per heavy atom. The van der Waals surface area contributed by atoms with Gasteiger partial charge in [0, 0.05) is 11.4 Å². The van der Waals surface area contributed by atoms with Gasteiger partial charge in [0.05, 0.1) is 6.54 Å². The molecule has 1 aromatic heterocycles. The average molecular weight is 309 g/mol. The van der Waals surface area contributed by atoms with E-state index >= 15 is 0 Å². The maximum atomic E-state index is 13.0. The molecule has 21 heavy (non-hydrogen) atoms. The third-order valence-electron chi connectivity index (χ3n) is 4.31. The van der Waals surface area contributed by atoms with E-state index in [-0.39, 0.29) is 11.7 Å². The van der Waals surface area contributed by atoms with Crippen molar-refractivity contribution in [2.24, 2.45) is 16.3 Å². The van der Waals surface area contributed by atoms with Crippen LogP contribution in [0.5, 0.6) is 0 Å². The number of rotatable bonds is 5. The van der Waals surface area contributed by atoms with E-state index in [1.165, 1.54) is 0 Å². The zero-order chi connectivity index (χ0) is 15.3. The van der Waals surface area contributed by atoms with Gasteiger partial charge in [-0.1, -0.05) is 30.5 Å². The minimum atomic E-state index is -0.819. The molecule has 0 aromatic carbocycles. The second-order valence-corrected chi connectivity index (χ2v) is 6.56. The van der Waals surface area contributed by atoms with Gasteiger partial charge in [0.15, 0.2) is 5.84 Å². The third-order valence-corrected chi connectivity index (χ3v) is 5.17. The highest BCUT2D eigenvalue weighted by Gasteiger charge is 2.45. The molecule has 116 valence electrons. The molecular weight excluding hydrogens is 286 g/mol. The molecule has 1 amide bonds. The molecule has 5 nitrogen and oxygen atoms in total. The first-order valence-corrected chi connectivity index (χ1v) is 8.32. The predicted octanol–water partition coefficient (Wildman–Crippen LogP) is 2.79. The van der Waals surface area contributed by atoms with Crippen LogP contribution in [-0.4, -0.2) is 28.4 Å². The topological polar surface area (TPSA) is 78.9 Å². The van der Waals surface area contributed by atoms with Crippen molar-refractivity contribution in [3.8, 4) is 0 Å². The summed E-state index contributed by atoms with van der Waals surface area (Å²) in [4.78, 5) is 16.0. The molecule has 0 aliphatic heterocycles. The van der Waals surface area contributed by atoms with Crippen molar-refractivity contribution in [3.63, 3.8) is 0 Å². The van der Waals surface area contributed by atoms with E-state index in [1.807, 2.05) is 29.3 Å². The van der Waals surface area contributed by atoms with Crippen LogP contribution in [0.25, 0.3) is 0 Å².